The van der Waals surface area contributed by atoms with E-state index in [9.17, 15) is 4.79 Å². The van der Waals surface area contributed by atoms with Crippen LogP contribution in [0, 0.1) is 19.3 Å². The fraction of sp³-hybridized carbons (Fsp3) is 0.100. The SMILES string of the molecule is C#CCn1cc(/C=N\NC(=O)c2cccc(C)c2)c2ccccc21. The minimum Gasteiger partial charge on any atom is -0.335 e. The topological polar surface area (TPSA) is 46.4 Å². The standard InChI is InChI=1S/C20H17N3O/c1-3-11-23-14-17(18-9-4-5-10-19(18)23)13-21-22-20(24)16-8-6-7-15(2)12-16/h1,4-10,12-14H,11H2,2H3,(H,22,24)/b21-13-. The number of carbonyl (C=O) groups is 1. The van der Waals surface area contributed by atoms with Gasteiger partial charge in [-0.05, 0) is 25.1 Å². The first-order valence-corrected chi connectivity index (χ1v) is 7.60. The molecular formula is C20H17N3O. The van der Waals surface area contributed by atoms with Gasteiger partial charge in [-0.2, -0.15) is 5.10 Å². The van der Waals surface area contributed by atoms with Crippen LogP contribution in [0.15, 0.2) is 59.8 Å². The first-order chi connectivity index (χ1) is 11.7. The summed E-state index contributed by atoms with van der Waals surface area (Å²) >= 11 is 0. The second kappa shape index (κ2) is 6.84. The van der Waals surface area contributed by atoms with Crippen LogP contribution in [0.3, 0.4) is 0 Å². The lowest BCUT2D eigenvalue weighted by Gasteiger charge is -2.00. The fourth-order valence-corrected chi connectivity index (χ4v) is 2.62. The molecule has 4 heteroatoms. The molecule has 0 spiro atoms. The van der Waals surface area contributed by atoms with E-state index >= 15 is 0 Å². The summed E-state index contributed by atoms with van der Waals surface area (Å²) in [6.45, 7) is 2.43. The molecule has 0 saturated carbocycles. The van der Waals surface area contributed by atoms with Gasteiger partial charge in [-0.15, -0.1) is 6.42 Å². The summed E-state index contributed by atoms with van der Waals surface area (Å²) in [6, 6.07) is 15.3. The van der Waals surface area contributed by atoms with Crippen molar-refractivity contribution in [2.75, 3.05) is 0 Å². The summed E-state index contributed by atoms with van der Waals surface area (Å²) < 4.78 is 1.99. The third-order valence-electron chi connectivity index (χ3n) is 3.73. The van der Waals surface area contributed by atoms with Gasteiger partial charge in [0.25, 0.3) is 5.91 Å². The van der Waals surface area contributed by atoms with Crippen LogP contribution in [0.2, 0.25) is 0 Å². The second-order valence-electron chi connectivity index (χ2n) is 5.50. The number of hydrazone groups is 1. The van der Waals surface area contributed by atoms with Crippen molar-refractivity contribution >= 4 is 23.0 Å². The molecule has 1 N–H and O–H groups in total. The molecule has 3 aromatic rings. The van der Waals surface area contributed by atoms with Crippen molar-refractivity contribution in [1.82, 2.24) is 9.99 Å². The molecule has 0 saturated heterocycles. The molecule has 3 rings (SSSR count). The number of fused-ring (bicyclic) bond motifs is 1. The van der Waals surface area contributed by atoms with Crippen molar-refractivity contribution in [2.45, 2.75) is 13.5 Å². The number of nitrogens with zero attached hydrogens (tertiary/aromatic N) is 2. The van der Waals surface area contributed by atoms with Gasteiger partial charge in [0.1, 0.15) is 0 Å². The number of benzene rings is 2. The Morgan fingerprint density at radius 3 is 2.92 bits per heavy atom. The van der Waals surface area contributed by atoms with E-state index in [0.29, 0.717) is 12.1 Å². The largest absolute Gasteiger partial charge is 0.335 e. The lowest BCUT2D eigenvalue weighted by Crippen LogP contribution is -2.17. The van der Waals surface area contributed by atoms with Gasteiger partial charge in [0.15, 0.2) is 0 Å². The number of hydrogen-bond donors (Lipinski definition) is 1. The van der Waals surface area contributed by atoms with E-state index in [-0.39, 0.29) is 5.91 Å². The van der Waals surface area contributed by atoms with Crippen molar-refractivity contribution in [2.24, 2.45) is 5.10 Å². The van der Waals surface area contributed by atoms with Crippen LogP contribution in [-0.2, 0) is 6.54 Å². The monoisotopic (exact) mass is 315 g/mol. The Bertz CT molecular complexity index is 960. The quantitative estimate of drug-likeness (QED) is 0.448. The van der Waals surface area contributed by atoms with Gasteiger partial charge in [0.05, 0.1) is 12.8 Å². The number of amides is 1. The van der Waals surface area contributed by atoms with Crippen LogP contribution in [0.25, 0.3) is 10.9 Å². The lowest BCUT2D eigenvalue weighted by molar-refractivity contribution is 0.0955. The van der Waals surface area contributed by atoms with Crippen LogP contribution in [0.5, 0.6) is 0 Å². The Hall–Kier alpha value is -3.32. The molecule has 0 fully saturated rings. The van der Waals surface area contributed by atoms with Crippen molar-refractivity contribution in [3.63, 3.8) is 0 Å². The number of aromatic nitrogens is 1. The van der Waals surface area contributed by atoms with E-state index < -0.39 is 0 Å². The van der Waals surface area contributed by atoms with Gasteiger partial charge in [0.2, 0.25) is 0 Å². The van der Waals surface area contributed by atoms with Crippen molar-refractivity contribution in [3.05, 3.63) is 71.4 Å². The van der Waals surface area contributed by atoms with Crippen LogP contribution in [0.4, 0.5) is 0 Å². The summed E-state index contributed by atoms with van der Waals surface area (Å²) in [4.78, 5) is 12.1. The molecule has 0 aliphatic carbocycles. The summed E-state index contributed by atoms with van der Waals surface area (Å²) in [5.74, 6) is 2.41. The highest BCUT2D eigenvalue weighted by atomic mass is 16.2. The number of hydrogen-bond acceptors (Lipinski definition) is 2. The molecule has 0 aliphatic heterocycles. The van der Waals surface area contributed by atoms with E-state index in [0.717, 1.165) is 22.0 Å². The molecule has 0 aliphatic rings. The van der Waals surface area contributed by atoms with E-state index in [2.05, 4.69) is 16.4 Å². The van der Waals surface area contributed by atoms with Gasteiger partial charge in [0, 0.05) is 28.2 Å². The maximum atomic E-state index is 12.1. The highest BCUT2D eigenvalue weighted by molar-refractivity contribution is 6.00. The van der Waals surface area contributed by atoms with E-state index in [1.165, 1.54) is 0 Å². The van der Waals surface area contributed by atoms with Crippen LogP contribution in [0.1, 0.15) is 21.5 Å². The molecule has 0 radical (unpaired) electrons. The van der Waals surface area contributed by atoms with E-state index in [4.69, 9.17) is 6.42 Å². The Morgan fingerprint density at radius 2 is 2.12 bits per heavy atom. The molecule has 0 unspecified atom stereocenters. The fourth-order valence-electron chi connectivity index (χ4n) is 2.62. The highest BCUT2D eigenvalue weighted by Gasteiger charge is 2.06. The number of rotatable bonds is 4. The summed E-state index contributed by atoms with van der Waals surface area (Å²) in [6.07, 6.45) is 9.00. The first kappa shape index (κ1) is 15.6. The van der Waals surface area contributed by atoms with Gasteiger partial charge >= 0.3 is 0 Å². The number of terminal acetylenes is 1. The molecule has 1 aromatic heterocycles. The van der Waals surface area contributed by atoms with Crippen molar-refractivity contribution in [1.29, 1.82) is 0 Å². The zero-order chi connectivity index (χ0) is 16.9. The van der Waals surface area contributed by atoms with E-state index in [1.807, 2.05) is 60.2 Å². The minimum absolute atomic E-state index is 0.234. The summed E-state index contributed by atoms with van der Waals surface area (Å²) in [5, 5.41) is 5.12. The Labute approximate surface area is 140 Å². The van der Waals surface area contributed by atoms with Crippen LogP contribution < -0.4 is 5.43 Å². The molecule has 0 bridgehead atoms. The molecule has 24 heavy (non-hydrogen) atoms. The number of aryl methyl sites for hydroxylation is 1. The normalized spacial score (nSPS) is 10.8. The summed E-state index contributed by atoms with van der Waals surface area (Å²) in [7, 11) is 0. The lowest BCUT2D eigenvalue weighted by atomic mass is 10.1. The zero-order valence-electron chi connectivity index (χ0n) is 13.4. The Balaban J connectivity index is 1.81. The van der Waals surface area contributed by atoms with Gasteiger partial charge in [-0.25, -0.2) is 5.43 Å². The molecule has 2 aromatic carbocycles. The van der Waals surface area contributed by atoms with E-state index in [1.54, 1.807) is 12.3 Å². The van der Waals surface area contributed by atoms with Crippen LogP contribution in [-0.4, -0.2) is 16.7 Å². The molecule has 4 nitrogen and oxygen atoms in total. The van der Waals surface area contributed by atoms with Crippen molar-refractivity contribution in [3.8, 4) is 12.3 Å². The molecule has 118 valence electrons. The maximum Gasteiger partial charge on any atom is 0.271 e. The van der Waals surface area contributed by atoms with Crippen LogP contribution >= 0.6 is 0 Å². The summed E-state index contributed by atoms with van der Waals surface area (Å²) in [5.41, 5.74) is 6.13. The molecule has 0 atom stereocenters. The van der Waals surface area contributed by atoms with Gasteiger partial charge in [-0.1, -0.05) is 41.8 Å². The Kier molecular flexibility index (Phi) is 4.44. The number of nitrogens with one attached hydrogen (secondary N) is 1. The number of para-hydroxylation sites is 1. The number of carbonyl (C=O) groups excluding carboxylic acids is 1. The second-order valence-corrected chi connectivity index (χ2v) is 5.50. The smallest absolute Gasteiger partial charge is 0.271 e. The predicted molar refractivity (Wildman–Crippen MR) is 97.0 cm³/mol. The van der Waals surface area contributed by atoms with Crippen molar-refractivity contribution < 1.29 is 4.79 Å². The van der Waals surface area contributed by atoms with Gasteiger partial charge < -0.3 is 4.57 Å². The minimum atomic E-state index is -0.234. The maximum absolute atomic E-state index is 12.1. The highest BCUT2D eigenvalue weighted by Crippen LogP contribution is 2.19. The zero-order valence-corrected chi connectivity index (χ0v) is 13.4. The average Bonchev–Trinajstić information content (AvgIpc) is 2.93. The third kappa shape index (κ3) is 3.21. The molecule has 1 heterocycles. The molecule has 1 amide bonds. The Morgan fingerprint density at radius 1 is 1.29 bits per heavy atom. The average molecular weight is 315 g/mol. The molecular weight excluding hydrogens is 298 g/mol. The third-order valence-corrected chi connectivity index (χ3v) is 3.73. The van der Waals surface area contributed by atoms with Gasteiger partial charge in [-0.3, -0.25) is 4.79 Å². The first-order valence-electron chi connectivity index (χ1n) is 7.60. The predicted octanol–water partition coefficient (Wildman–Crippen LogP) is 3.35.